The molecule has 21 heavy (non-hydrogen) atoms. The van der Waals surface area contributed by atoms with Crippen molar-refractivity contribution >= 4 is 5.82 Å². The zero-order valence-electron chi connectivity index (χ0n) is 12.3. The third kappa shape index (κ3) is 2.63. The summed E-state index contributed by atoms with van der Waals surface area (Å²) in [5.74, 6) is 2.22. The molecule has 0 aliphatic heterocycles. The quantitative estimate of drug-likeness (QED) is 0.800. The van der Waals surface area contributed by atoms with Gasteiger partial charge in [0.05, 0.1) is 5.69 Å². The first kappa shape index (κ1) is 13.3. The van der Waals surface area contributed by atoms with E-state index < -0.39 is 0 Å². The summed E-state index contributed by atoms with van der Waals surface area (Å²) in [6, 6.07) is 13.9. The molecule has 2 aromatic heterocycles. The van der Waals surface area contributed by atoms with Gasteiger partial charge in [-0.25, -0.2) is 14.6 Å². The molecule has 106 valence electrons. The molecule has 0 unspecified atom stereocenters. The molecule has 1 N–H and O–H groups in total. The fraction of sp³-hybridized carbons (Fsp3) is 0.188. The Morgan fingerprint density at radius 2 is 1.76 bits per heavy atom. The number of aromatic nitrogens is 4. The minimum atomic E-state index is 0.685. The second kappa shape index (κ2) is 5.36. The van der Waals surface area contributed by atoms with Crippen LogP contribution in [0.3, 0.4) is 0 Å². The molecule has 0 bridgehead atoms. The molecule has 5 nitrogen and oxygen atoms in total. The number of nitrogens with zero attached hydrogens (tertiary/aromatic N) is 4. The molecule has 0 aliphatic rings. The van der Waals surface area contributed by atoms with E-state index in [1.54, 1.807) is 0 Å². The van der Waals surface area contributed by atoms with Gasteiger partial charge in [-0.1, -0.05) is 30.3 Å². The van der Waals surface area contributed by atoms with Gasteiger partial charge < -0.3 is 5.32 Å². The number of benzene rings is 1. The van der Waals surface area contributed by atoms with E-state index in [1.807, 2.05) is 68.0 Å². The van der Waals surface area contributed by atoms with Crippen LogP contribution in [0.5, 0.6) is 0 Å². The molecule has 0 fully saturated rings. The highest BCUT2D eigenvalue weighted by Crippen LogP contribution is 2.20. The summed E-state index contributed by atoms with van der Waals surface area (Å²) >= 11 is 0. The van der Waals surface area contributed by atoms with E-state index in [-0.39, 0.29) is 0 Å². The normalized spacial score (nSPS) is 10.6. The standard InChI is InChI=1S/C16H17N5/c1-11-9-12(2)21(20-11)15-10-14(17-3)18-16(19-15)13-7-5-4-6-8-13/h4-10H,1-3H3,(H,17,18,19). The van der Waals surface area contributed by atoms with Gasteiger partial charge in [-0.05, 0) is 19.9 Å². The zero-order chi connectivity index (χ0) is 14.8. The predicted octanol–water partition coefficient (Wildman–Crippen LogP) is 2.99. The van der Waals surface area contributed by atoms with Gasteiger partial charge in [0, 0.05) is 24.4 Å². The second-order valence-electron chi connectivity index (χ2n) is 4.89. The van der Waals surface area contributed by atoms with Crippen molar-refractivity contribution in [2.45, 2.75) is 13.8 Å². The van der Waals surface area contributed by atoms with Crippen LogP contribution in [0, 0.1) is 13.8 Å². The van der Waals surface area contributed by atoms with Crippen molar-refractivity contribution in [1.29, 1.82) is 0 Å². The van der Waals surface area contributed by atoms with Gasteiger partial charge >= 0.3 is 0 Å². The Morgan fingerprint density at radius 1 is 1.00 bits per heavy atom. The van der Waals surface area contributed by atoms with Crippen LogP contribution in [0.4, 0.5) is 5.82 Å². The Bertz CT molecular complexity index is 762. The van der Waals surface area contributed by atoms with Crippen LogP contribution in [0.25, 0.3) is 17.2 Å². The van der Waals surface area contributed by atoms with Crippen LogP contribution in [0.2, 0.25) is 0 Å². The highest BCUT2D eigenvalue weighted by atomic mass is 15.3. The molecule has 2 heterocycles. The van der Waals surface area contributed by atoms with Crippen LogP contribution < -0.4 is 5.32 Å². The second-order valence-corrected chi connectivity index (χ2v) is 4.89. The first-order valence-corrected chi connectivity index (χ1v) is 6.83. The van der Waals surface area contributed by atoms with Gasteiger partial charge in [-0.3, -0.25) is 0 Å². The number of hydrogen-bond donors (Lipinski definition) is 1. The molecule has 5 heteroatoms. The lowest BCUT2D eigenvalue weighted by Crippen LogP contribution is -2.06. The van der Waals surface area contributed by atoms with Crippen LogP contribution in [0.15, 0.2) is 42.5 Å². The Morgan fingerprint density at radius 3 is 2.38 bits per heavy atom. The summed E-state index contributed by atoms with van der Waals surface area (Å²) in [6.45, 7) is 3.99. The number of nitrogens with one attached hydrogen (secondary N) is 1. The number of aryl methyl sites for hydroxylation is 2. The highest BCUT2D eigenvalue weighted by molar-refractivity contribution is 5.59. The Balaban J connectivity index is 2.16. The lowest BCUT2D eigenvalue weighted by Gasteiger charge is -2.09. The minimum Gasteiger partial charge on any atom is -0.373 e. The molecule has 0 atom stereocenters. The smallest absolute Gasteiger partial charge is 0.163 e. The first-order chi connectivity index (χ1) is 10.2. The molecule has 0 amide bonds. The molecule has 3 aromatic rings. The zero-order valence-corrected chi connectivity index (χ0v) is 12.3. The third-order valence-electron chi connectivity index (χ3n) is 3.23. The molecular weight excluding hydrogens is 262 g/mol. The Labute approximate surface area is 123 Å². The molecule has 0 saturated heterocycles. The van der Waals surface area contributed by atoms with E-state index in [9.17, 15) is 0 Å². The van der Waals surface area contributed by atoms with E-state index in [0.717, 1.165) is 28.6 Å². The van der Waals surface area contributed by atoms with Crippen LogP contribution in [-0.2, 0) is 0 Å². The van der Waals surface area contributed by atoms with E-state index >= 15 is 0 Å². The highest BCUT2D eigenvalue weighted by Gasteiger charge is 2.10. The van der Waals surface area contributed by atoms with Crippen molar-refractivity contribution in [2.24, 2.45) is 0 Å². The van der Waals surface area contributed by atoms with Crippen LogP contribution in [0.1, 0.15) is 11.4 Å². The Kier molecular flexibility index (Phi) is 3.39. The minimum absolute atomic E-state index is 0.685. The molecule has 0 aliphatic carbocycles. The maximum Gasteiger partial charge on any atom is 0.163 e. The summed E-state index contributed by atoms with van der Waals surface area (Å²) < 4.78 is 1.84. The van der Waals surface area contributed by atoms with Gasteiger partial charge in [0.15, 0.2) is 11.6 Å². The first-order valence-electron chi connectivity index (χ1n) is 6.83. The number of hydrogen-bond acceptors (Lipinski definition) is 4. The summed E-state index contributed by atoms with van der Waals surface area (Å²) in [6.07, 6.45) is 0. The van der Waals surface area contributed by atoms with Gasteiger partial charge in [0.2, 0.25) is 0 Å². The number of anilines is 1. The van der Waals surface area contributed by atoms with E-state index in [4.69, 9.17) is 0 Å². The predicted molar refractivity (Wildman–Crippen MR) is 83.6 cm³/mol. The Hall–Kier alpha value is -2.69. The fourth-order valence-corrected chi connectivity index (χ4v) is 2.25. The third-order valence-corrected chi connectivity index (χ3v) is 3.23. The average molecular weight is 279 g/mol. The molecular formula is C16H17N5. The molecule has 0 saturated carbocycles. The maximum atomic E-state index is 4.65. The fourth-order valence-electron chi connectivity index (χ4n) is 2.25. The lowest BCUT2D eigenvalue weighted by molar-refractivity contribution is 0.803. The van der Waals surface area contributed by atoms with Crippen molar-refractivity contribution in [2.75, 3.05) is 12.4 Å². The van der Waals surface area contributed by atoms with Crippen LogP contribution >= 0.6 is 0 Å². The van der Waals surface area contributed by atoms with E-state index in [0.29, 0.717) is 5.82 Å². The van der Waals surface area contributed by atoms with Crippen molar-refractivity contribution in [3.8, 4) is 17.2 Å². The molecule has 0 radical (unpaired) electrons. The van der Waals surface area contributed by atoms with E-state index in [2.05, 4.69) is 20.4 Å². The van der Waals surface area contributed by atoms with Crippen molar-refractivity contribution < 1.29 is 0 Å². The summed E-state index contributed by atoms with van der Waals surface area (Å²) in [5, 5.41) is 7.57. The monoisotopic (exact) mass is 279 g/mol. The summed E-state index contributed by atoms with van der Waals surface area (Å²) in [4.78, 5) is 9.17. The number of rotatable bonds is 3. The van der Waals surface area contributed by atoms with Gasteiger partial charge in [-0.2, -0.15) is 5.10 Å². The van der Waals surface area contributed by atoms with Crippen molar-refractivity contribution in [1.82, 2.24) is 19.7 Å². The topological polar surface area (TPSA) is 55.6 Å². The van der Waals surface area contributed by atoms with Gasteiger partial charge in [-0.15, -0.1) is 0 Å². The SMILES string of the molecule is CNc1cc(-n2nc(C)cc2C)nc(-c2ccccc2)n1. The van der Waals surface area contributed by atoms with Gasteiger partial charge in [0.25, 0.3) is 0 Å². The summed E-state index contributed by atoms with van der Waals surface area (Å²) in [5.41, 5.74) is 3.00. The molecule has 1 aromatic carbocycles. The lowest BCUT2D eigenvalue weighted by atomic mass is 10.2. The molecule has 3 rings (SSSR count). The van der Waals surface area contributed by atoms with Crippen molar-refractivity contribution in [3.05, 3.63) is 53.9 Å². The van der Waals surface area contributed by atoms with Crippen molar-refractivity contribution in [3.63, 3.8) is 0 Å². The average Bonchev–Trinajstić information content (AvgIpc) is 2.86. The maximum absolute atomic E-state index is 4.65. The van der Waals surface area contributed by atoms with E-state index in [1.165, 1.54) is 0 Å². The largest absolute Gasteiger partial charge is 0.373 e. The van der Waals surface area contributed by atoms with Gasteiger partial charge in [0.1, 0.15) is 5.82 Å². The van der Waals surface area contributed by atoms with Crippen LogP contribution in [-0.4, -0.2) is 26.8 Å². The summed E-state index contributed by atoms with van der Waals surface area (Å²) in [7, 11) is 1.85. The molecule has 0 spiro atoms.